The maximum Gasteiger partial charge on any atom is 0.143 e. The predicted octanol–water partition coefficient (Wildman–Crippen LogP) is 3.19. The van der Waals surface area contributed by atoms with Crippen LogP contribution >= 0.6 is 11.6 Å². The van der Waals surface area contributed by atoms with E-state index in [1.165, 1.54) is 6.07 Å². The number of nitrogens with one attached hydrogen (secondary N) is 1. The van der Waals surface area contributed by atoms with Gasteiger partial charge >= 0.3 is 0 Å². The Hall–Kier alpha value is -0.800. The number of rotatable bonds is 2. The standard InChI is InChI=1S/C12H15ClFNO/c13-11-6-3-9(7-12(11)14)15-8-1-4-10(16)5-2-8/h3,6-8,10,15-16H,1-2,4-5H2. The Morgan fingerprint density at radius 3 is 2.56 bits per heavy atom. The second kappa shape index (κ2) is 5.02. The lowest BCUT2D eigenvalue weighted by molar-refractivity contribution is 0.126. The van der Waals surface area contributed by atoms with Crippen LogP contribution < -0.4 is 5.32 Å². The van der Waals surface area contributed by atoms with Crippen molar-refractivity contribution in [2.45, 2.75) is 37.8 Å². The third-order valence-corrected chi connectivity index (χ3v) is 3.29. The first-order chi connectivity index (χ1) is 7.65. The van der Waals surface area contributed by atoms with Gasteiger partial charge in [0.2, 0.25) is 0 Å². The van der Waals surface area contributed by atoms with E-state index in [0.29, 0.717) is 6.04 Å². The fourth-order valence-electron chi connectivity index (χ4n) is 2.04. The number of hydrogen-bond acceptors (Lipinski definition) is 2. The fraction of sp³-hybridized carbons (Fsp3) is 0.500. The van der Waals surface area contributed by atoms with E-state index < -0.39 is 5.82 Å². The van der Waals surface area contributed by atoms with Crippen molar-refractivity contribution in [2.24, 2.45) is 0 Å². The molecular formula is C12H15ClFNO. The first-order valence-corrected chi connectivity index (χ1v) is 5.92. The zero-order valence-electron chi connectivity index (χ0n) is 8.92. The highest BCUT2D eigenvalue weighted by molar-refractivity contribution is 6.30. The average Bonchev–Trinajstić information content (AvgIpc) is 2.27. The Kier molecular flexibility index (Phi) is 3.66. The van der Waals surface area contributed by atoms with Gasteiger partial charge in [0.25, 0.3) is 0 Å². The van der Waals surface area contributed by atoms with Crippen LogP contribution in [0, 0.1) is 5.82 Å². The van der Waals surface area contributed by atoms with Gasteiger partial charge in [0.1, 0.15) is 5.82 Å². The summed E-state index contributed by atoms with van der Waals surface area (Å²) in [7, 11) is 0. The minimum atomic E-state index is -0.400. The van der Waals surface area contributed by atoms with Crippen LogP contribution in [0.25, 0.3) is 0 Å². The van der Waals surface area contributed by atoms with Gasteiger partial charge in [0, 0.05) is 11.7 Å². The Balaban J connectivity index is 1.96. The number of aliphatic hydroxyl groups is 1. The minimum absolute atomic E-state index is 0.143. The Morgan fingerprint density at radius 1 is 1.25 bits per heavy atom. The number of hydrogen-bond donors (Lipinski definition) is 2. The van der Waals surface area contributed by atoms with E-state index in [1.807, 2.05) is 0 Å². The van der Waals surface area contributed by atoms with E-state index in [1.54, 1.807) is 12.1 Å². The molecule has 0 heterocycles. The van der Waals surface area contributed by atoms with Crippen molar-refractivity contribution in [2.75, 3.05) is 5.32 Å². The minimum Gasteiger partial charge on any atom is -0.393 e. The second-order valence-electron chi connectivity index (χ2n) is 4.28. The Bertz CT molecular complexity index is 364. The van der Waals surface area contributed by atoms with Gasteiger partial charge in [-0.2, -0.15) is 0 Å². The summed E-state index contributed by atoms with van der Waals surface area (Å²) in [6.45, 7) is 0. The predicted molar refractivity (Wildman–Crippen MR) is 63.3 cm³/mol. The highest BCUT2D eigenvalue weighted by Crippen LogP contribution is 2.24. The molecule has 4 heteroatoms. The molecule has 16 heavy (non-hydrogen) atoms. The van der Waals surface area contributed by atoms with E-state index in [2.05, 4.69) is 5.32 Å². The maximum atomic E-state index is 13.2. The molecule has 1 fully saturated rings. The summed E-state index contributed by atoms with van der Waals surface area (Å²) in [5.41, 5.74) is 0.753. The lowest BCUT2D eigenvalue weighted by Crippen LogP contribution is -2.28. The Labute approximate surface area is 99.4 Å². The summed E-state index contributed by atoms with van der Waals surface area (Å²) >= 11 is 5.61. The van der Waals surface area contributed by atoms with Gasteiger partial charge < -0.3 is 10.4 Å². The van der Waals surface area contributed by atoms with Crippen LogP contribution in [0.4, 0.5) is 10.1 Å². The lowest BCUT2D eigenvalue weighted by Gasteiger charge is -2.27. The van der Waals surface area contributed by atoms with Crippen LogP contribution in [0.5, 0.6) is 0 Å². The molecule has 1 aromatic rings. The average molecular weight is 244 g/mol. The molecule has 1 aliphatic carbocycles. The van der Waals surface area contributed by atoms with E-state index in [4.69, 9.17) is 11.6 Å². The molecule has 1 aliphatic rings. The molecule has 1 saturated carbocycles. The first-order valence-electron chi connectivity index (χ1n) is 5.55. The van der Waals surface area contributed by atoms with Crippen LogP contribution in [0.3, 0.4) is 0 Å². The second-order valence-corrected chi connectivity index (χ2v) is 4.69. The van der Waals surface area contributed by atoms with Gasteiger partial charge in [0.05, 0.1) is 11.1 Å². The largest absolute Gasteiger partial charge is 0.393 e. The molecule has 0 unspecified atom stereocenters. The fourth-order valence-corrected chi connectivity index (χ4v) is 2.16. The summed E-state index contributed by atoms with van der Waals surface area (Å²) < 4.78 is 13.2. The van der Waals surface area contributed by atoms with Crippen molar-refractivity contribution >= 4 is 17.3 Å². The molecule has 2 N–H and O–H groups in total. The van der Waals surface area contributed by atoms with E-state index in [9.17, 15) is 9.50 Å². The third-order valence-electron chi connectivity index (χ3n) is 2.99. The molecule has 1 aromatic carbocycles. The highest BCUT2D eigenvalue weighted by atomic mass is 35.5. The zero-order chi connectivity index (χ0) is 11.5. The molecule has 0 atom stereocenters. The van der Waals surface area contributed by atoms with Crippen molar-refractivity contribution in [3.05, 3.63) is 29.0 Å². The molecule has 0 aromatic heterocycles. The number of benzene rings is 1. The molecule has 0 bridgehead atoms. The SMILES string of the molecule is OC1CCC(Nc2ccc(Cl)c(F)c2)CC1. The smallest absolute Gasteiger partial charge is 0.143 e. The topological polar surface area (TPSA) is 32.3 Å². The van der Waals surface area contributed by atoms with Crippen LogP contribution in [0.2, 0.25) is 5.02 Å². The van der Waals surface area contributed by atoms with Gasteiger partial charge in [-0.1, -0.05) is 11.6 Å². The van der Waals surface area contributed by atoms with Crippen LogP contribution in [0.15, 0.2) is 18.2 Å². The van der Waals surface area contributed by atoms with Crippen LogP contribution in [-0.4, -0.2) is 17.3 Å². The van der Waals surface area contributed by atoms with E-state index in [0.717, 1.165) is 31.4 Å². The molecular weight excluding hydrogens is 229 g/mol. The molecule has 0 amide bonds. The Morgan fingerprint density at radius 2 is 1.94 bits per heavy atom. The molecule has 0 saturated heterocycles. The van der Waals surface area contributed by atoms with Crippen LogP contribution in [0.1, 0.15) is 25.7 Å². The van der Waals surface area contributed by atoms with E-state index >= 15 is 0 Å². The van der Waals surface area contributed by atoms with Crippen molar-refractivity contribution in [1.82, 2.24) is 0 Å². The van der Waals surface area contributed by atoms with Crippen molar-refractivity contribution < 1.29 is 9.50 Å². The molecule has 0 spiro atoms. The van der Waals surface area contributed by atoms with E-state index in [-0.39, 0.29) is 11.1 Å². The van der Waals surface area contributed by atoms with Gasteiger partial charge in [0.15, 0.2) is 0 Å². The normalized spacial score (nSPS) is 25.4. The molecule has 2 rings (SSSR count). The highest BCUT2D eigenvalue weighted by Gasteiger charge is 2.19. The van der Waals surface area contributed by atoms with Gasteiger partial charge in [-0.25, -0.2) is 4.39 Å². The third kappa shape index (κ3) is 2.86. The molecule has 0 aliphatic heterocycles. The summed E-state index contributed by atoms with van der Waals surface area (Å²) in [4.78, 5) is 0. The number of halogens is 2. The number of anilines is 1. The quantitative estimate of drug-likeness (QED) is 0.836. The molecule has 88 valence electrons. The van der Waals surface area contributed by atoms with Gasteiger partial charge in [-0.3, -0.25) is 0 Å². The molecule has 2 nitrogen and oxygen atoms in total. The number of aliphatic hydroxyl groups excluding tert-OH is 1. The van der Waals surface area contributed by atoms with Crippen molar-refractivity contribution in [3.63, 3.8) is 0 Å². The summed E-state index contributed by atoms with van der Waals surface area (Å²) in [6, 6.07) is 5.06. The summed E-state index contributed by atoms with van der Waals surface area (Å²) in [6.07, 6.45) is 3.30. The summed E-state index contributed by atoms with van der Waals surface area (Å²) in [5, 5.41) is 12.8. The van der Waals surface area contributed by atoms with Gasteiger partial charge in [-0.15, -0.1) is 0 Å². The first kappa shape index (κ1) is 11.7. The monoisotopic (exact) mass is 243 g/mol. The van der Waals surface area contributed by atoms with Crippen LogP contribution in [-0.2, 0) is 0 Å². The van der Waals surface area contributed by atoms with Crippen molar-refractivity contribution in [1.29, 1.82) is 0 Å². The van der Waals surface area contributed by atoms with Gasteiger partial charge in [-0.05, 0) is 43.9 Å². The van der Waals surface area contributed by atoms with Crippen molar-refractivity contribution in [3.8, 4) is 0 Å². The maximum absolute atomic E-state index is 13.2. The lowest BCUT2D eigenvalue weighted by atomic mass is 9.93. The molecule has 0 radical (unpaired) electrons. The summed E-state index contributed by atoms with van der Waals surface area (Å²) in [5.74, 6) is -0.400. The zero-order valence-corrected chi connectivity index (χ0v) is 9.67.